The Bertz CT molecular complexity index is 447. The van der Waals surface area contributed by atoms with Gasteiger partial charge in [0.15, 0.2) is 0 Å². The Morgan fingerprint density at radius 1 is 1.24 bits per heavy atom. The lowest BCUT2D eigenvalue weighted by atomic mass is 9.84. The second kappa shape index (κ2) is 6.47. The van der Waals surface area contributed by atoms with Gasteiger partial charge in [-0.15, -0.1) is 0 Å². The van der Waals surface area contributed by atoms with E-state index in [9.17, 15) is 0 Å². The van der Waals surface area contributed by atoms with Crippen LogP contribution in [0.5, 0.6) is 0 Å². The molecule has 2 heterocycles. The first-order chi connectivity index (χ1) is 10.3. The number of piperidine rings is 1. The summed E-state index contributed by atoms with van der Waals surface area (Å²) in [7, 11) is 2.29. The predicted octanol–water partition coefficient (Wildman–Crippen LogP) is 2.12. The summed E-state index contributed by atoms with van der Waals surface area (Å²) in [5, 5.41) is 0. The molecule has 3 heteroatoms. The molecule has 0 amide bonds. The highest BCUT2D eigenvalue weighted by molar-refractivity contribution is 5.15. The molecule has 0 aromatic heterocycles. The summed E-state index contributed by atoms with van der Waals surface area (Å²) in [5.74, 6) is 0. The smallest absolute Gasteiger partial charge is 0.0496 e. The second-order valence-corrected chi connectivity index (χ2v) is 6.76. The normalized spacial score (nSPS) is 29.8. The molecule has 3 nitrogen and oxygen atoms in total. The van der Waals surface area contributed by atoms with Crippen molar-refractivity contribution in [2.45, 2.75) is 43.7 Å². The van der Waals surface area contributed by atoms with Gasteiger partial charge in [0.1, 0.15) is 0 Å². The topological polar surface area (TPSA) is 32.5 Å². The number of rotatable bonds is 5. The third-order valence-electron chi connectivity index (χ3n) is 5.76. The molecule has 2 N–H and O–H groups in total. The van der Waals surface area contributed by atoms with Crippen molar-refractivity contribution in [2.24, 2.45) is 5.73 Å². The zero-order chi connectivity index (χ0) is 14.7. The Morgan fingerprint density at radius 2 is 2.05 bits per heavy atom. The highest BCUT2D eigenvalue weighted by atomic mass is 15.3. The monoisotopic (exact) mass is 287 g/mol. The minimum atomic E-state index is 0.204. The summed E-state index contributed by atoms with van der Waals surface area (Å²) >= 11 is 0. The maximum Gasteiger partial charge on any atom is 0.0496 e. The zero-order valence-corrected chi connectivity index (χ0v) is 13.3. The minimum Gasteiger partial charge on any atom is -0.329 e. The van der Waals surface area contributed by atoms with Gasteiger partial charge >= 0.3 is 0 Å². The van der Waals surface area contributed by atoms with E-state index in [0.717, 1.165) is 19.5 Å². The lowest BCUT2D eigenvalue weighted by Crippen LogP contribution is -2.60. The third-order valence-corrected chi connectivity index (χ3v) is 5.76. The van der Waals surface area contributed by atoms with E-state index in [-0.39, 0.29) is 5.54 Å². The van der Waals surface area contributed by atoms with Crippen LogP contribution in [0.25, 0.3) is 0 Å². The highest BCUT2D eigenvalue weighted by Crippen LogP contribution is 2.38. The summed E-state index contributed by atoms with van der Waals surface area (Å²) in [6.07, 6.45) is 6.42. The zero-order valence-electron chi connectivity index (χ0n) is 13.3. The fraction of sp³-hybridized carbons (Fsp3) is 0.667. The maximum absolute atomic E-state index is 6.28. The van der Waals surface area contributed by atoms with Crippen LogP contribution in [0.4, 0.5) is 0 Å². The first-order valence-electron chi connectivity index (χ1n) is 8.45. The van der Waals surface area contributed by atoms with Gasteiger partial charge in [-0.3, -0.25) is 9.80 Å². The molecule has 3 rings (SSSR count). The van der Waals surface area contributed by atoms with Crippen molar-refractivity contribution in [3.63, 3.8) is 0 Å². The molecule has 2 unspecified atom stereocenters. The lowest BCUT2D eigenvalue weighted by Gasteiger charge is -2.46. The summed E-state index contributed by atoms with van der Waals surface area (Å²) in [4.78, 5) is 5.26. The molecular formula is C18H29N3. The van der Waals surface area contributed by atoms with Gasteiger partial charge in [-0.1, -0.05) is 36.8 Å². The number of fused-ring (bicyclic) bond motifs is 1. The number of nitrogens with two attached hydrogens (primary N) is 1. The molecule has 0 saturated carbocycles. The number of benzene rings is 1. The first-order valence-corrected chi connectivity index (χ1v) is 8.45. The summed E-state index contributed by atoms with van der Waals surface area (Å²) < 4.78 is 0. The van der Waals surface area contributed by atoms with Crippen molar-refractivity contribution >= 4 is 0 Å². The second-order valence-electron chi connectivity index (χ2n) is 6.76. The van der Waals surface area contributed by atoms with Crippen LogP contribution in [0.2, 0.25) is 0 Å². The Hall–Kier alpha value is -0.900. The minimum absolute atomic E-state index is 0.204. The van der Waals surface area contributed by atoms with E-state index in [1.54, 1.807) is 0 Å². The van der Waals surface area contributed by atoms with Crippen molar-refractivity contribution in [3.05, 3.63) is 35.9 Å². The lowest BCUT2D eigenvalue weighted by molar-refractivity contribution is 0.0571. The Morgan fingerprint density at radius 3 is 2.81 bits per heavy atom. The van der Waals surface area contributed by atoms with E-state index >= 15 is 0 Å². The van der Waals surface area contributed by atoms with Gasteiger partial charge in [-0.25, -0.2) is 0 Å². The molecule has 0 bridgehead atoms. The van der Waals surface area contributed by atoms with Crippen molar-refractivity contribution in [1.29, 1.82) is 0 Å². The Balaban J connectivity index is 1.67. The molecule has 2 atom stereocenters. The maximum atomic E-state index is 6.28. The van der Waals surface area contributed by atoms with Crippen molar-refractivity contribution in [3.8, 4) is 0 Å². The molecule has 1 aromatic carbocycles. The first kappa shape index (κ1) is 15.0. The molecule has 21 heavy (non-hydrogen) atoms. The van der Waals surface area contributed by atoms with Gasteiger partial charge in [-0.2, -0.15) is 0 Å². The van der Waals surface area contributed by atoms with Crippen molar-refractivity contribution in [1.82, 2.24) is 9.80 Å². The molecule has 1 aromatic rings. The van der Waals surface area contributed by atoms with Crippen LogP contribution in [-0.4, -0.2) is 54.6 Å². The van der Waals surface area contributed by atoms with E-state index < -0.39 is 0 Å². The van der Waals surface area contributed by atoms with Gasteiger partial charge < -0.3 is 5.73 Å². The van der Waals surface area contributed by atoms with Gasteiger partial charge in [0, 0.05) is 31.2 Å². The van der Waals surface area contributed by atoms with Crippen LogP contribution in [0.1, 0.15) is 31.2 Å². The molecule has 0 aliphatic carbocycles. The van der Waals surface area contributed by atoms with Crippen LogP contribution >= 0.6 is 0 Å². The average molecular weight is 287 g/mol. The van der Waals surface area contributed by atoms with Crippen LogP contribution < -0.4 is 5.73 Å². The highest BCUT2D eigenvalue weighted by Gasteiger charge is 2.49. The fourth-order valence-electron chi connectivity index (χ4n) is 4.37. The standard InChI is InChI=1S/C18H29N3/c1-20(13-10-16-7-3-2-4-8-16)18(15-19)11-14-21-12-6-5-9-17(18)21/h2-4,7-8,17H,5-6,9-15,19H2,1H3. The summed E-state index contributed by atoms with van der Waals surface area (Å²) in [6.45, 7) is 4.40. The fourth-order valence-corrected chi connectivity index (χ4v) is 4.37. The van der Waals surface area contributed by atoms with E-state index in [0.29, 0.717) is 6.04 Å². The summed E-state index contributed by atoms with van der Waals surface area (Å²) in [5.41, 5.74) is 7.91. The van der Waals surface area contributed by atoms with E-state index in [4.69, 9.17) is 5.73 Å². The SMILES string of the molecule is CN(CCc1ccccc1)C1(CN)CCN2CCCCC21. The van der Waals surface area contributed by atoms with E-state index in [2.05, 4.69) is 47.2 Å². The molecule has 2 fully saturated rings. The average Bonchev–Trinajstić information content (AvgIpc) is 2.94. The van der Waals surface area contributed by atoms with Gasteiger partial charge in [0.2, 0.25) is 0 Å². The number of hydrogen-bond donors (Lipinski definition) is 1. The van der Waals surface area contributed by atoms with Crippen molar-refractivity contribution in [2.75, 3.05) is 33.2 Å². The van der Waals surface area contributed by atoms with E-state index in [1.165, 1.54) is 44.3 Å². The molecule has 2 saturated heterocycles. The van der Waals surface area contributed by atoms with Crippen molar-refractivity contribution < 1.29 is 0 Å². The number of hydrogen-bond acceptors (Lipinski definition) is 3. The molecular weight excluding hydrogens is 258 g/mol. The predicted molar refractivity (Wildman–Crippen MR) is 88.4 cm³/mol. The van der Waals surface area contributed by atoms with Gasteiger partial charge in [0.25, 0.3) is 0 Å². The quantitative estimate of drug-likeness (QED) is 0.900. The molecule has 2 aliphatic rings. The van der Waals surface area contributed by atoms with Crippen LogP contribution in [0.3, 0.4) is 0 Å². The third kappa shape index (κ3) is 2.87. The molecule has 0 spiro atoms. The van der Waals surface area contributed by atoms with Crippen LogP contribution in [0, 0.1) is 0 Å². The van der Waals surface area contributed by atoms with Crippen LogP contribution in [-0.2, 0) is 6.42 Å². The number of nitrogens with zero attached hydrogens (tertiary/aromatic N) is 2. The molecule has 116 valence electrons. The number of likely N-dealkylation sites (N-methyl/N-ethyl adjacent to an activating group) is 1. The summed E-state index contributed by atoms with van der Waals surface area (Å²) in [6, 6.07) is 11.5. The van der Waals surface area contributed by atoms with Gasteiger partial charge in [-0.05, 0) is 44.8 Å². The Kier molecular flexibility index (Phi) is 4.63. The van der Waals surface area contributed by atoms with E-state index in [1.807, 2.05) is 0 Å². The molecule has 2 aliphatic heterocycles. The van der Waals surface area contributed by atoms with Crippen LogP contribution in [0.15, 0.2) is 30.3 Å². The van der Waals surface area contributed by atoms with Gasteiger partial charge in [0.05, 0.1) is 0 Å². The largest absolute Gasteiger partial charge is 0.329 e. The molecule has 0 radical (unpaired) electrons. The Labute approximate surface area is 129 Å².